The molecule has 0 unspecified atom stereocenters. The predicted molar refractivity (Wildman–Crippen MR) is 113 cm³/mol. The molecular formula is C20H15ClFN7O. The van der Waals surface area contributed by atoms with Gasteiger partial charge in [-0.25, -0.2) is 19.3 Å². The van der Waals surface area contributed by atoms with Gasteiger partial charge in [0.1, 0.15) is 17.5 Å². The third kappa shape index (κ3) is 3.70. The third-order valence-corrected chi connectivity index (χ3v) is 4.53. The fourth-order valence-corrected chi connectivity index (χ4v) is 3.03. The van der Waals surface area contributed by atoms with Gasteiger partial charge in [0.25, 0.3) is 5.91 Å². The van der Waals surface area contributed by atoms with E-state index in [-0.39, 0.29) is 28.8 Å². The van der Waals surface area contributed by atoms with E-state index in [4.69, 9.17) is 17.3 Å². The van der Waals surface area contributed by atoms with E-state index >= 15 is 0 Å². The van der Waals surface area contributed by atoms with E-state index in [0.29, 0.717) is 27.5 Å². The second kappa shape index (κ2) is 7.88. The van der Waals surface area contributed by atoms with Gasteiger partial charge in [0.15, 0.2) is 11.5 Å². The first kappa shape index (κ1) is 19.5. The summed E-state index contributed by atoms with van der Waals surface area (Å²) in [6, 6.07) is 9.02. The SMILES string of the molecule is CNC(=O)c1cnccc1Nc1nc(-c2cc(Cl)ccc2F)nc2nc(N)ccc12. The standard InChI is InChI=1S/C20H15ClFN7O/c1-24-20(30)13-9-25-7-6-15(13)26-17-11-3-5-16(23)27-18(11)29-19(28-17)12-8-10(21)2-4-14(12)22/h2-9H,1H3,(H,24,30)(H3,23,25,26,27,28,29). The van der Waals surface area contributed by atoms with Crippen molar-refractivity contribution in [3.05, 3.63) is 65.2 Å². The number of nitrogens with zero attached hydrogens (tertiary/aromatic N) is 4. The minimum atomic E-state index is -0.538. The lowest BCUT2D eigenvalue weighted by atomic mass is 10.2. The summed E-state index contributed by atoms with van der Waals surface area (Å²) in [7, 11) is 1.52. The van der Waals surface area contributed by atoms with Gasteiger partial charge in [-0.05, 0) is 36.4 Å². The number of hydrogen-bond acceptors (Lipinski definition) is 7. The number of amides is 1. The number of pyridine rings is 2. The Bertz CT molecular complexity index is 1280. The fraction of sp³-hybridized carbons (Fsp3) is 0.0500. The summed E-state index contributed by atoms with van der Waals surface area (Å²) in [6.07, 6.45) is 2.96. The van der Waals surface area contributed by atoms with E-state index in [1.165, 1.54) is 37.6 Å². The smallest absolute Gasteiger partial charge is 0.254 e. The number of carbonyl (C=O) groups excluding carboxylic acids is 1. The summed E-state index contributed by atoms with van der Waals surface area (Å²) in [5, 5.41) is 6.54. The molecule has 1 amide bonds. The fourth-order valence-electron chi connectivity index (χ4n) is 2.86. The van der Waals surface area contributed by atoms with Gasteiger partial charge in [-0.1, -0.05) is 11.6 Å². The van der Waals surface area contributed by atoms with Crippen LogP contribution in [0.1, 0.15) is 10.4 Å². The van der Waals surface area contributed by atoms with Crippen LogP contribution >= 0.6 is 11.6 Å². The number of anilines is 3. The molecule has 0 aliphatic carbocycles. The molecule has 10 heteroatoms. The van der Waals surface area contributed by atoms with Gasteiger partial charge in [0, 0.05) is 24.5 Å². The van der Waals surface area contributed by atoms with Gasteiger partial charge in [0.05, 0.1) is 22.2 Å². The number of benzene rings is 1. The molecule has 0 aliphatic rings. The van der Waals surface area contributed by atoms with Crippen molar-refractivity contribution >= 4 is 45.9 Å². The van der Waals surface area contributed by atoms with E-state index in [1.807, 2.05) is 0 Å². The summed E-state index contributed by atoms with van der Waals surface area (Å²) >= 11 is 6.03. The maximum atomic E-state index is 14.4. The van der Waals surface area contributed by atoms with Crippen molar-refractivity contribution in [2.45, 2.75) is 0 Å². The van der Waals surface area contributed by atoms with Gasteiger partial charge in [0.2, 0.25) is 0 Å². The Kier molecular flexibility index (Phi) is 5.11. The molecule has 8 nitrogen and oxygen atoms in total. The number of aromatic nitrogens is 4. The molecule has 0 atom stereocenters. The number of hydrogen-bond donors (Lipinski definition) is 3. The summed E-state index contributed by atoms with van der Waals surface area (Å²) in [4.78, 5) is 29.2. The molecule has 0 saturated heterocycles. The van der Waals surface area contributed by atoms with Crippen LogP contribution in [0.3, 0.4) is 0 Å². The van der Waals surface area contributed by atoms with E-state index in [0.717, 1.165) is 0 Å². The summed E-state index contributed by atoms with van der Waals surface area (Å²) < 4.78 is 14.4. The van der Waals surface area contributed by atoms with Crippen molar-refractivity contribution < 1.29 is 9.18 Å². The Morgan fingerprint density at radius 2 is 1.97 bits per heavy atom. The van der Waals surface area contributed by atoms with E-state index in [1.54, 1.807) is 18.2 Å². The molecule has 0 spiro atoms. The molecule has 0 aliphatic heterocycles. The molecule has 0 radical (unpaired) electrons. The van der Waals surface area contributed by atoms with Crippen LogP contribution in [0.5, 0.6) is 0 Å². The normalized spacial score (nSPS) is 10.8. The van der Waals surface area contributed by atoms with Gasteiger partial charge in [-0.15, -0.1) is 0 Å². The summed E-state index contributed by atoms with van der Waals surface area (Å²) in [5.41, 5.74) is 6.94. The Morgan fingerprint density at radius 3 is 2.77 bits per heavy atom. The highest BCUT2D eigenvalue weighted by molar-refractivity contribution is 6.30. The Balaban J connectivity index is 1.92. The summed E-state index contributed by atoms with van der Waals surface area (Å²) in [5.74, 6) is -0.229. The lowest BCUT2D eigenvalue weighted by Gasteiger charge is -2.13. The summed E-state index contributed by atoms with van der Waals surface area (Å²) in [6.45, 7) is 0. The van der Waals surface area contributed by atoms with Crippen molar-refractivity contribution in [3.63, 3.8) is 0 Å². The number of rotatable bonds is 4. The Labute approximate surface area is 175 Å². The minimum absolute atomic E-state index is 0.0682. The van der Waals surface area contributed by atoms with Crippen molar-refractivity contribution in [2.24, 2.45) is 0 Å². The highest BCUT2D eigenvalue weighted by Gasteiger charge is 2.17. The predicted octanol–water partition coefficient (Wildman–Crippen LogP) is 3.56. The quantitative estimate of drug-likeness (QED) is 0.459. The average molecular weight is 424 g/mol. The van der Waals surface area contributed by atoms with E-state index < -0.39 is 5.82 Å². The van der Waals surface area contributed by atoms with Crippen LogP contribution in [0, 0.1) is 5.82 Å². The molecule has 0 fully saturated rings. The number of fused-ring (bicyclic) bond motifs is 1. The molecule has 30 heavy (non-hydrogen) atoms. The van der Waals surface area contributed by atoms with Crippen LogP contribution in [0.15, 0.2) is 48.8 Å². The number of nitrogen functional groups attached to an aromatic ring is 1. The van der Waals surface area contributed by atoms with Crippen LogP contribution in [-0.2, 0) is 0 Å². The number of halogens is 2. The van der Waals surface area contributed by atoms with E-state index in [2.05, 4.69) is 30.6 Å². The third-order valence-electron chi connectivity index (χ3n) is 4.30. The van der Waals surface area contributed by atoms with Crippen LogP contribution in [0.25, 0.3) is 22.4 Å². The van der Waals surface area contributed by atoms with Crippen molar-refractivity contribution in [2.75, 3.05) is 18.1 Å². The maximum Gasteiger partial charge on any atom is 0.254 e. The highest BCUT2D eigenvalue weighted by atomic mass is 35.5. The minimum Gasteiger partial charge on any atom is -0.384 e. The zero-order valence-electron chi connectivity index (χ0n) is 15.6. The number of nitrogens with two attached hydrogens (primary N) is 1. The Morgan fingerprint density at radius 1 is 1.13 bits per heavy atom. The van der Waals surface area contributed by atoms with Crippen LogP contribution in [0.4, 0.5) is 21.7 Å². The topological polar surface area (TPSA) is 119 Å². The number of carbonyl (C=O) groups is 1. The first-order valence-electron chi connectivity index (χ1n) is 8.79. The van der Waals surface area contributed by atoms with E-state index in [9.17, 15) is 9.18 Å². The molecule has 0 saturated carbocycles. The molecule has 1 aromatic carbocycles. The van der Waals surface area contributed by atoms with Crippen LogP contribution in [-0.4, -0.2) is 32.9 Å². The van der Waals surface area contributed by atoms with Gasteiger partial charge in [-0.2, -0.15) is 0 Å². The van der Waals surface area contributed by atoms with Gasteiger partial charge < -0.3 is 16.4 Å². The monoisotopic (exact) mass is 423 g/mol. The molecule has 4 aromatic rings. The Hall–Kier alpha value is -3.85. The first-order chi connectivity index (χ1) is 14.5. The number of nitrogens with one attached hydrogen (secondary N) is 2. The van der Waals surface area contributed by atoms with Crippen molar-refractivity contribution in [1.82, 2.24) is 25.3 Å². The zero-order chi connectivity index (χ0) is 21.3. The molecule has 3 aromatic heterocycles. The van der Waals surface area contributed by atoms with Crippen molar-refractivity contribution in [3.8, 4) is 11.4 Å². The lowest BCUT2D eigenvalue weighted by Crippen LogP contribution is -2.19. The highest BCUT2D eigenvalue weighted by Crippen LogP contribution is 2.30. The van der Waals surface area contributed by atoms with Crippen LogP contribution < -0.4 is 16.4 Å². The lowest BCUT2D eigenvalue weighted by molar-refractivity contribution is 0.0963. The van der Waals surface area contributed by atoms with Gasteiger partial charge in [-0.3, -0.25) is 9.78 Å². The second-order valence-electron chi connectivity index (χ2n) is 6.25. The van der Waals surface area contributed by atoms with Crippen molar-refractivity contribution in [1.29, 1.82) is 0 Å². The second-order valence-corrected chi connectivity index (χ2v) is 6.69. The zero-order valence-corrected chi connectivity index (χ0v) is 16.4. The molecule has 4 N–H and O–H groups in total. The average Bonchev–Trinajstić information content (AvgIpc) is 2.74. The molecule has 150 valence electrons. The molecule has 3 heterocycles. The molecular weight excluding hydrogens is 409 g/mol. The molecule has 0 bridgehead atoms. The largest absolute Gasteiger partial charge is 0.384 e. The van der Waals surface area contributed by atoms with Crippen LogP contribution in [0.2, 0.25) is 5.02 Å². The molecule has 4 rings (SSSR count). The first-order valence-corrected chi connectivity index (χ1v) is 9.17. The van der Waals surface area contributed by atoms with Gasteiger partial charge >= 0.3 is 0 Å². The maximum absolute atomic E-state index is 14.4.